The molecule has 0 saturated carbocycles. The fourth-order valence-electron chi connectivity index (χ4n) is 3.83. The maximum atomic E-state index is 14.5. The van der Waals surface area contributed by atoms with Crippen molar-refractivity contribution in [2.24, 2.45) is 0 Å². The normalized spacial score (nSPS) is 24.3. The van der Waals surface area contributed by atoms with Gasteiger partial charge in [-0.3, -0.25) is 9.47 Å². The second-order valence-corrected chi connectivity index (χ2v) is 7.13. The third-order valence-corrected chi connectivity index (χ3v) is 5.07. The number of ether oxygens (including phenoxy) is 1. The van der Waals surface area contributed by atoms with Crippen LogP contribution in [-0.2, 0) is 17.7 Å². The largest absolute Gasteiger partial charge is 0.383 e. The second kappa shape index (κ2) is 6.85. The molecular weight excluding hydrogens is 380 g/mol. The molecule has 0 aliphatic carbocycles. The standard InChI is InChI=1S/C18H18F4N4O2/c19-11-5-10-8-25(3-1-13(10)14(20)6-11)9-12-7-18(21,22)16(28-12)26-4-2-15(23)24-17(26)27/h2,4-6,12,16H,1,3,7-9H2,(H2,23,24,27)/t12-,16+/m0/s1. The molecule has 2 atom stereocenters. The lowest BCUT2D eigenvalue weighted by molar-refractivity contribution is -0.119. The van der Waals surface area contributed by atoms with E-state index in [1.165, 1.54) is 12.1 Å². The summed E-state index contributed by atoms with van der Waals surface area (Å²) < 4.78 is 62.4. The van der Waals surface area contributed by atoms with Crippen molar-refractivity contribution < 1.29 is 22.3 Å². The number of nitrogens with zero attached hydrogens (tertiary/aromatic N) is 3. The third-order valence-electron chi connectivity index (χ3n) is 5.07. The first-order valence-corrected chi connectivity index (χ1v) is 8.80. The summed E-state index contributed by atoms with van der Waals surface area (Å²) >= 11 is 0. The van der Waals surface area contributed by atoms with Crippen LogP contribution in [0.1, 0.15) is 23.8 Å². The fourth-order valence-corrected chi connectivity index (χ4v) is 3.83. The molecule has 1 saturated heterocycles. The zero-order valence-corrected chi connectivity index (χ0v) is 14.7. The minimum absolute atomic E-state index is 0.0643. The van der Waals surface area contributed by atoms with Crippen LogP contribution in [0.3, 0.4) is 0 Å². The highest BCUT2D eigenvalue weighted by Gasteiger charge is 2.52. The van der Waals surface area contributed by atoms with Crippen LogP contribution in [0.15, 0.2) is 29.2 Å². The molecule has 10 heteroatoms. The first-order chi connectivity index (χ1) is 13.2. The number of aromatic nitrogens is 2. The van der Waals surface area contributed by atoms with Gasteiger partial charge in [0.1, 0.15) is 17.5 Å². The van der Waals surface area contributed by atoms with Crippen LogP contribution in [0.4, 0.5) is 23.4 Å². The van der Waals surface area contributed by atoms with E-state index in [2.05, 4.69) is 4.98 Å². The van der Waals surface area contributed by atoms with E-state index in [0.717, 1.165) is 16.8 Å². The van der Waals surface area contributed by atoms with Crippen molar-refractivity contribution in [3.8, 4) is 0 Å². The average Bonchev–Trinajstić information content (AvgIpc) is 2.88. The van der Waals surface area contributed by atoms with E-state index in [9.17, 15) is 22.4 Å². The van der Waals surface area contributed by atoms with Crippen molar-refractivity contribution in [1.29, 1.82) is 0 Å². The molecule has 150 valence electrons. The van der Waals surface area contributed by atoms with Gasteiger partial charge < -0.3 is 10.5 Å². The summed E-state index contributed by atoms with van der Waals surface area (Å²) in [5.74, 6) is -4.59. The molecule has 28 heavy (non-hydrogen) atoms. The van der Waals surface area contributed by atoms with Crippen molar-refractivity contribution in [2.45, 2.75) is 37.6 Å². The second-order valence-electron chi connectivity index (χ2n) is 7.13. The molecule has 1 aromatic heterocycles. The summed E-state index contributed by atoms with van der Waals surface area (Å²) in [5.41, 5.74) is 5.43. The lowest BCUT2D eigenvalue weighted by Crippen LogP contribution is -2.37. The van der Waals surface area contributed by atoms with Gasteiger partial charge in [-0.2, -0.15) is 4.98 Å². The van der Waals surface area contributed by atoms with E-state index in [-0.39, 0.29) is 18.9 Å². The molecule has 2 aliphatic heterocycles. The number of rotatable bonds is 3. The van der Waals surface area contributed by atoms with Gasteiger partial charge >= 0.3 is 5.69 Å². The number of alkyl halides is 2. The van der Waals surface area contributed by atoms with Gasteiger partial charge in [0.25, 0.3) is 5.92 Å². The predicted molar refractivity (Wildman–Crippen MR) is 91.7 cm³/mol. The number of benzene rings is 1. The van der Waals surface area contributed by atoms with Crippen LogP contribution in [0.2, 0.25) is 0 Å². The topological polar surface area (TPSA) is 73.4 Å². The number of nitrogens with two attached hydrogens (primary N) is 1. The lowest BCUT2D eigenvalue weighted by Gasteiger charge is -2.30. The lowest BCUT2D eigenvalue weighted by atomic mass is 9.98. The Morgan fingerprint density at radius 2 is 2.11 bits per heavy atom. The molecule has 0 spiro atoms. The molecule has 0 radical (unpaired) electrons. The van der Waals surface area contributed by atoms with Gasteiger partial charge in [0.2, 0.25) is 6.23 Å². The van der Waals surface area contributed by atoms with Gasteiger partial charge in [0.15, 0.2) is 0 Å². The van der Waals surface area contributed by atoms with E-state index in [0.29, 0.717) is 24.1 Å². The molecular formula is C18H18F4N4O2. The van der Waals surface area contributed by atoms with Crippen LogP contribution in [0.25, 0.3) is 0 Å². The zero-order chi connectivity index (χ0) is 20.1. The van der Waals surface area contributed by atoms with Crippen LogP contribution in [-0.4, -0.2) is 39.6 Å². The monoisotopic (exact) mass is 398 g/mol. The molecule has 6 nitrogen and oxygen atoms in total. The summed E-state index contributed by atoms with van der Waals surface area (Å²) in [7, 11) is 0. The Balaban J connectivity index is 1.49. The highest BCUT2D eigenvalue weighted by atomic mass is 19.3. The maximum Gasteiger partial charge on any atom is 0.351 e. The van der Waals surface area contributed by atoms with Gasteiger partial charge in [-0.15, -0.1) is 0 Å². The number of fused-ring (bicyclic) bond motifs is 1. The van der Waals surface area contributed by atoms with Gasteiger partial charge in [-0.25, -0.2) is 22.4 Å². The summed E-state index contributed by atoms with van der Waals surface area (Å²) in [4.78, 5) is 17.2. The summed E-state index contributed by atoms with van der Waals surface area (Å²) in [5, 5.41) is 0. The van der Waals surface area contributed by atoms with E-state index in [4.69, 9.17) is 10.5 Å². The van der Waals surface area contributed by atoms with Gasteiger partial charge in [0.05, 0.1) is 6.10 Å². The van der Waals surface area contributed by atoms with Gasteiger partial charge in [0, 0.05) is 38.3 Å². The van der Waals surface area contributed by atoms with Crippen LogP contribution < -0.4 is 11.4 Å². The third kappa shape index (κ3) is 3.49. The smallest absolute Gasteiger partial charge is 0.351 e. The Morgan fingerprint density at radius 3 is 2.86 bits per heavy atom. The SMILES string of the molecule is Nc1ccn([C@@H]2O[C@H](CN3CCc4c(F)cc(F)cc4C3)CC2(F)F)c(=O)n1. The average molecular weight is 398 g/mol. The van der Waals surface area contributed by atoms with Crippen LogP contribution in [0.5, 0.6) is 0 Å². The van der Waals surface area contributed by atoms with Crippen LogP contribution >= 0.6 is 0 Å². The van der Waals surface area contributed by atoms with E-state index < -0.39 is 42.0 Å². The highest BCUT2D eigenvalue weighted by Crippen LogP contribution is 2.42. The molecule has 2 aliphatic rings. The highest BCUT2D eigenvalue weighted by molar-refractivity contribution is 5.31. The number of hydrogen-bond acceptors (Lipinski definition) is 5. The minimum Gasteiger partial charge on any atom is -0.383 e. The van der Waals surface area contributed by atoms with Crippen LogP contribution in [0, 0.1) is 11.6 Å². The van der Waals surface area contributed by atoms with Gasteiger partial charge in [-0.1, -0.05) is 0 Å². The molecule has 0 amide bonds. The first kappa shape index (κ1) is 18.9. The number of nitrogen functional groups attached to an aromatic ring is 1. The molecule has 3 heterocycles. The Morgan fingerprint density at radius 1 is 1.32 bits per heavy atom. The maximum absolute atomic E-state index is 14.5. The molecule has 0 bridgehead atoms. The quantitative estimate of drug-likeness (QED) is 0.802. The molecule has 2 aromatic rings. The number of anilines is 1. The van der Waals surface area contributed by atoms with E-state index in [1.54, 1.807) is 0 Å². The minimum atomic E-state index is -3.27. The van der Waals surface area contributed by atoms with E-state index >= 15 is 0 Å². The molecule has 4 rings (SSSR count). The van der Waals surface area contributed by atoms with E-state index in [1.807, 2.05) is 4.90 Å². The first-order valence-electron chi connectivity index (χ1n) is 8.80. The Hall–Kier alpha value is -2.46. The molecule has 0 unspecified atom stereocenters. The van der Waals surface area contributed by atoms with Crippen molar-refractivity contribution >= 4 is 5.82 Å². The summed E-state index contributed by atoms with van der Waals surface area (Å²) in [6, 6.07) is 3.36. The molecule has 1 fully saturated rings. The Labute approximate surface area is 157 Å². The van der Waals surface area contributed by atoms with Crippen molar-refractivity contribution in [3.05, 3.63) is 57.6 Å². The van der Waals surface area contributed by atoms with Crippen molar-refractivity contribution in [1.82, 2.24) is 14.5 Å². The van der Waals surface area contributed by atoms with Gasteiger partial charge in [-0.05, 0) is 29.7 Å². The molecule has 2 N–H and O–H groups in total. The van der Waals surface area contributed by atoms with Crippen molar-refractivity contribution in [3.63, 3.8) is 0 Å². The number of hydrogen-bond donors (Lipinski definition) is 1. The summed E-state index contributed by atoms with van der Waals surface area (Å²) in [6.45, 7) is 0.833. The predicted octanol–water partition coefficient (Wildman–Crippen LogP) is 2.08. The fraction of sp³-hybridized carbons (Fsp3) is 0.444. The molecule has 1 aromatic carbocycles. The Bertz CT molecular complexity index is 965. The summed E-state index contributed by atoms with van der Waals surface area (Å²) in [6.07, 6.45) is -1.70. The Kier molecular flexibility index (Phi) is 4.62. The number of halogens is 4. The zero-order valence-electron chi connectivity index (χ0n) is 14.7. The van der Waals surface area contributed by atoms with Crippen molar-refractivity contribution in [2.75, 3.05) is 18.8 Å².